The van der Waals surface area contributed by atoms with Crippen LogP contribution in [-0.2, 0) is 14.4 Å². The largest absolute Gasteiger partial charge is 0.484 e. The lowest BCUT2D eigenvalue weighted by molar-refractivity contribution is -0.147. The molecule has 14 nitrogen and oxygen atoms in total. The molecule has 2 saturated heterocycles. The summed E-state index contributed by atoms with van der Waals surface area (Å²) < 4.78 is 5.65. The Kier molecular flexibility index (Phi) is 12.2. The third-order valence-corrected chi connectivity index (χ3v) is 10.4. The van der Waals surface area contributed by atoms with Crippen molar-refractivity contribution in [1.82, 2.24) is 30.1 Å². The number of nitrogens with zero attached hydrogens (tertiary/aromatic N) is 6. The van der Waals surface area contributed by atoms with Gasteiger partial charge < -0.3 is 25.6 Å². The number of carbonyl (C=O) groups is 4. The molecule has 53 heavy (non-hydrogen) atoms. The van der Waals surface area contributed by atoms with Crippen molar-refractivity contribution in [3.8, 4) is 5.75 Å². The number of nitrogens with one attached hydrogen (secondary N) is 3. The number of amides is 4. The van der Waals surface area contributed by atoms with Crippen LogP contribution in [0.4, 0.5) is 22.5 Å². The molecule has 2 fully saturated rings. The highest BCUT2D eigenvalue weighted by Crippen LogP contribution is 2.30. The van der Waals surface area contributed by atoms with Crippen LogP contribution in [-0.4, -0.2) is 101 Å². The SMILES string of the molecule is Cc1nc(Nc2ncc(C(=O)Nc3c(C)cccc3Cl)s2)cc(N2CCN(CCCNC(=O)COc3ccc(C4CCC(=O)N(C)C4=O)cc3)CC2)n1. The second-order valence-electron chi connectivity index (χ2n) is 13.0. The van der Waals surface area contributed by atoms with E-state index >= 15 is 0 Å². The molecule has 6 rings (SSSR count). The van der Waals surface area contributed by atoms with E-state index in [0.29, 0.717) is 57.5 Å². The maximum atomic E-state index is 12.9. The number of likely N-dealkylation sites (N-methyl/N-ethyl adjacent to an activating group) is 1. The van der Waals surface area contributed by atoms with Crippen LogP contribution in [0.15, 0.2) is 54.7 Å². The molecule has 2 aliphatic heterocycles. The van der Waals surface area contributed by atoms with Crippen LogP contribution in [0.5, 0.6) is 5.75 Å². The summed E-state index contributed by atoms with van der Waals surface area (Å²) >= 11 is 7.50. The molecule has 4 aromatic rings. The molecule has 0 aliphatic carbocycles. The molecular formula is C37H42ClN9O5S. The summed E-state index contributed by atoms with van der Waals surface area (Å²) in [6.45, 7) is 8.31. The molecule has 0 saturated carbocycles. The third-order valence-electron chi connectivity index (χ3n) is 9.22. The molecular weight excluding hydrogens is 718 g/mol. The Hall–Kier alpha value is -5.12. The number of anilines is 4. The first-order valence-corrected chi connectivity index (χ1v) is 18.7. The monoisotopic (exact) mass is 759 g/mol. The Morgan fingerprint density at radius 1 is 1.04 bits per heavy atom. The summed E-state index contributed by atoms with van der Waals surface area (Å²) in [4.78, 5) is 69.3. The van der Waals surface area contributed by atoms with Crippen LogP contribution in [0.25, 0.3) is 0 Å². The number of para-hydroxylation sites is 1. The summed E-state index contributed by atoms with van der Waals surface area (Å²) in [5.74, 6) is 1.39. The molecule has 2 aromatic heterocycles. The Labute approximate surface area is 316 Å². The quantitative estimate of drug-likeness (QED) is 0.127. The lowest BCUT2D eigenvalue weighted by Crippen LogP contribution is -2.47. The highest BCUT2D eigenvalue weighted by atomic mass is 35.5. The van der Waals surface area contributed by atoms with Crippen molar-refractivity contribution in [2.24, 2.45) is 0 Å². The molecule has 3 N–H and O–H groups in total. The minimum atomic E-state index is -0.344. The number of halogens is 1. The topological polar surface area (TPSA) is 162 Å². The number of hydrogen-bond acceptors (Lipinski definition) is 12. The van der Waals surface area contributed by atoms with E-state index in [1.807, 2.05) is 44.2 Å². The van der Waals surface area contributed by atoms with E-state index < -0.39 is 0 Å². The number of benzene rings is 2. The van der Waals surface area contributed by atoms with Crippen LogP contribution in [0, 0.1) is 13.8 Å². The van der Waals surface area contributed by atoms with E-state index in [-0.39, 0.29) is 36.2 Å². The minimum Gasteiger partial charge on any atom is -0.484 e. The average molecular weight is 760 g/mol. The molecule has 1 atom stereocenters. The van der Waals surface area contributed by atoms with Crippen molar-refractivity contribution >= 4 is 69.0 Å². The van der Waals surface area contributed by atoms with Crippen LogP contribution < -0.4 is 25.6 Å². The molecule has 2 aromatic carbocycles. The molecule has 0 radical (unpaired) electrons. The predicted molar refractivity (Wildman–Crippen MR) is 204 cm³/mol. The van der Waals surface area contributed by atoms with Crippen molar-refractivity contribution in [2.75, 3.05) is 68.5 Å². The molecule has 0 bridgehead atoms. The Morgan fingerprint density at radius 2 is 1.81 bits per heavy atom. The fourth-order valence-corrected chi connectivity index (χ4v) is 7.23. The van der Waals surface area contributed by atoms with E-state index in [2.05, 4.69) is 40.7 Å². The van der Waals surface area contributed by atoms with Crippen molar-refractivity contribution in [2.45, 2.75) is 39.0 Å². The van der Waals surface area contributed by atoms with Gasteiger partial charge in [-0.2, -0.15) is 0 Å². The Balaban J connectivity index is 0.897. The molecule has 0 spiro atoms. The summed E-state index contributed by atoms with van der Waals surface area (Å²) in [6.07, 6.45) is 3.17. The zero-order chi connectivity index (χ0) is 37.5. The standard InChI is InChI=1S/C37H42ClN9O5S/c1-23-6-4-7-28(38)34(23)44-35(50)29-21-40-37(53-29)43-30-20-31(42-24(2)41-30)47-18-16-46(17-19-47)15-5-14-39-32(48)22-52-26-10-8-25(9-11-26)27-12-13-33(49)45(3)36(27)51/h4,6-11,20-21,27H,5,12-19,22H2,1-3H3,(H,39,48)(H,44,50)(H,40,41,42,43). The summed E-state index contributed by atoms with van der Waals surface area (Å²) in [5, 5.41) is 10.0. The van der Waals surface area contributed by atoms with E-state index in [1.165, 1.54) is 29.5 Å². The number of thiazole rings is 1. The molecule has 4 amide bonds. The summed E-state index contributed by atoms with van der Waals surface area (Å²) in [5.41, 5.74) is 2.28. The number of hydrogen-bond donors (Lipinski definition) is 3. The normalized spacial score (nSPS) is 16.4. The fraction of sp³-hybridized carbons (Fsp3) is 0.378. The number of carbonyl (C=O) groups excluding carboxylic acids is 4. The van der Waals surface area contributed by atoms with Crippen LogP contribution in [0.2, 0.25) is 5.02 Å². The van der Waals surface area contributed by atoms with Crippen molar-refractivity contribution in [1.29, 1.82) is 0 Å². The summed E-state index contributed by atoms with van der Waals surface area (Å²) in [6, 6.07) is 14.5. The zero-order valence-corrected chi connectivity index (χ0v) is 31.4. The zero-order valence-electron chi connectivity index (χ0n) is 29.9. The van der Waals surface area contributed by atoms with E-state index in [4.69, 9.17) is 16.3 Å². The first kappa shape index (κ1) is 37.6. The van der Waals surface area contributed by atoms with Crippen LogP contribution >= 0.6 is 22.9 Å². The predicted octanol–water partition coefficient (Wildman–Crippen LogP) is 4.77. The average Bonchev–Trinajstić information content (AvgIpc) is 3.62. The van der Waals surface area contributed by atoms with Gasteiger partial charge in [0, 0.05) is 52.3 Å². The van der Waals surface area contributed by atoms with Crippen molar-refractivity contribution in [3.05, 3.63) is 81.6 Å². The smallest absolute Gasteiger partial charge is 0.267 e. The molecule has 4 heterocycles. The van der Waals surface area contributed by atoms with Gasteiger partial charge in [0.25, 0.3) is 11.8 Å². The van der Waals surface area contributed by atoms with Gasteiger partial charge >= 0.3 is 0 Å². The number of piperazine rings is 1. The maximum Gasteiger partial charge on any atom is 0.267 e. The van der Waals surface area contributed by atoms with E-state index in [9.17, 15) is 19.2 Å². The van der Waals surface area contributed by atoms with Gasteiger partial charge in [-0.15, -0.1) is 0 Å². The highest BCUT2D eigenvalue weighted by Gasteiger charge is 2.32. The van der Waals surface area contributed by atoms with E-state index in [1.54, 1.807) is 18.2 Å². The second-order valence-corrected chi connectivity index (χ2v) is 14.4. The lowest BCUT2D eigenvalue weighted by Gasteiger charge is -2.35. The summed E-state index contributed by atoms with van der Waals surface area (Å²) in [7, 11) is 1.52. The molecule has 16 heteroatoms. The van der Waals surface area contributed by atoms with Gasteiger partial charge in [0.05, 0.1) is 22.8 Å². The van der Waals surface area contributed by atoms with Gasteiger partial charge in [-0.3, -0.25) is 29.0 Å². The van der Waals surface area contributed by atoms with Gasteiger partial charge in [-0.1, -0.05) is 47.2 Å². The third kappa shape index (κ3) is 9.66. The minimum absolute atomic E-state index is 0.102. The van der Waals surface area contributed by atoms with Crippen LogP contribution in [0.3, 0.4) is 0 Å². The van der Waals surface area contributed by atoms with Gasteiger partial charge in [0.15, 0.2) is 11.7 Å². The first-order valence-electron chi connectivity index (χ1n) is 17.5. The Morgan fingerprint density at radius 3 is 2.57 bits per heavy atom. The van der Waals surface area contributed by atoms with Gasteiger partial charge in [-0.05, 0) is 62.6 Å². The number of ether oxygens (including phenoxy) is 1. The van der Waals surface area contributed by atoms with Crippen LogP contribution in [0.1, 0.15) is 51.8 Å². The second kappa shape index (κ2) is 17.1. The first-order chi connectivity index (χ1) is 25.5. The van der Waals surface area contributed by atoms with Gasteiger partial charge in [0.1, 0.15) is 28.1 Å². The number of rotatable bonds is 13. The number of aromatic nitrogens is 3. The number of piperidine rings is 1. The number of likely N-dealkylation sites (tertiary alicyclic amines) is 1. The van der Waals surface area contributed by atoms with Gasteiger partial charge in [0.2, 0.25) is 11.8 Å². The van der Waals surface area contributed by atoms with Crippen molar-refractivity contribution in [3.63, 3.8) is 0 Å². The molecule has 2 aliphatic rings. The highest BCUT2D eigenvalue weighted by molar-refractivity contribution is 7.17. The maximum absolute atomic E-state index is 12.9. The van der Waals surface area contributed by atoms with Crippen molar-refractivity contribution < 1.29 is 23.9 Å². The van der Waals surface area contributed by atoms with Gasteiger partial charge in [-0.25, -0.2) is 15.0 Å². The molecule has 278 valence electrons. The van der Waals surface area contributed by atoms with E-state index in [0.717, 1.165) is 56.1 Å². The molecule has 1 unspecified atom stereocenters. The number of aryl methyl sites for hydroxylation is 2. The number of imide groups is 1. The lowest BCUT2D eigenvalue weighted by atomic mass is 9.90. The fourth-order valence-electron chi connectivity index (χ4n) is 6.24. The Bertz CT molecular complexity index is 1950.